The molecule has 0 saturated carbocycles. The largest absolute Gasteiger partial charge is 0.508 e. The summed E-state index contributed by atoms with van der Waals surface area (Å²) in [5, 5.41) is 29.7. The molecule has 4 rings (SSSR count). The highest BCUT2D eigenvalue weighted by Gasteiger charge is 2.18. The molecule has 0 radical (unpaired) electrons. The molecule has 3 N–H and O–H groups in total. The molecular weight excluding hydrogens is 402 g/mol. The van der Waals surface area contributed by atoms with Crippen LogP contribution in [0.2, 0.25) is 0 Å². The fourth-order valence-electron chi connectivity index (χ4n) is 3.70. The van der Waals surface area contributed by atoms with E-state index in [-0.39, 0.29) is 17.2 Å². The zero-order valence-corrected chi connectivity index (χ0v) is 18.2. The second-order valence-corrected chi connectivity index (χ2v) is 7.83. The summed E-state index contributed by atoms with van der Waals surface area (Å²) in [6, 6.07) is 23.2. The molecule has 0 amide bonds. The Kier molecular flexibility index (Phi) is 5.65. The number of anilines is 3. The van der Waals surface area contributed by atoms with Crippen LogP contribution < -0.4 is 9.64 Å². The van der Waals surface area contributed by atoms with Crippen molar-refractivity contribution in [1.82, 2.24) is 0 Å². The van der Waals surface area contributed by atoms with Crippen molar-refractivity contribution in [2.75, 3.05) is 4.90 Å². The van der Waals surface area contributed by atoms with Crippen molar-refractivity contribution in [3.63, 3.8) is 0 Å². The van der Waals surface area contributed by atoms with Crippen molar-refractivity contribution in [1.29, 1.82) is 0 Å². The summed E-state index contributed by atoms with van der Waals surface area (Å²) in [4.78, 5) is 2.06. The lowest BCUT2D eigenvalue weighted by Crippen LogP contribution is -2.12. The van der Waals surface area contributed by atoms with Crippen molar-refractivity contribution in [3.8, 4) is 28.7 Å². The highest BCUT2D eigenvalue weighted by Crippen LogP contribution is 2.41. The second kappa shape index (κ2) is 8.55. The minimum atomic E-state index is 0.141. The third-order valence-electron chi connectivity index (χ3n) is 5.32. The summed E-state index contributed by atoms with van der Waals surface area (Å²) >= 11 is 0. The van der Waals surface area contributed by atoms with Gasteiger partial charge in [-0.25, -0.2) is 0 Å². The predicted octanol–water partition coefficient (Wildman–Crippen LogP) is 6.99. The lowest BCUT2D eigenvalue weighted by atomic mass is 10.1. The maximum absolute atomic E-state index is 9.92. The molecule has 0 bridgehead atoms. The smallest absolute Gasteiger partial charge is 0.134 e. The van der Waals surface area contributed by atoms with E-state index in [2.05, 4.69) is 4.90 Å². The van der Waals surface area contributed by atoms with Crippen LogP contribution in [-0.2, 0) is 0 Å². The lowest BCUT2D eigenvalue weighted by Gasteiger charge is -2.29. The molecule has 4 aromatic rings. The van der Waals surface area contributed by atoms with Crippen molar-refractivity contribution in [3.05, 3.63) is 95.6 Å². The van der Waals surface area contributed by atoms with Crippen LogP contribution in [0.1, 0.15) is 16.7 Å². The number of aromatic hydroxyl groups is 3. The Morgan fingerprint density at radius 3 is 1.75 bits per heavy atom. The van der Waals surface area contributed by atoms with Crippen molar-refractivity contribution in [2.45, 2.75) is 20.8 Å². The van der Waals surface area contributed by atoms with Crippen molar-refractivity contribution < 1.29 is 20.1 Å². The lowest BCUT2D eigenvalue weighted by molar-refractivity contribution is 0.453. The SMILES string of the molecule is Cc1ccc(O)cc1Oc1cccc(N(c2ccc(O)cc2C)c2ccc(O)cc2C)c1. The molecule has 4 aromatic carbocycles. The predicted molar refractivity (Wildman–Crippen MR) is 127 cm³/mol. The number of phenols is 3. The van der Waals surface area contributed by atoms with E-state index in [0.29, 0.717) is 11.5 Å². The average Bonchev–Trinajstić information content (AvgIpc) is 2.74. The Hall–Kier alpha value is -4.12. The Morgan fingerprint density at radius 2 is 1.16 bits per heavy atom. The molecule has 0 atom stereocenters. The molecule has 162 valence electrons. The Labute approximate surface area is 187 Å². The third-order valence-corrected chi connectivity index (χ3v) is 5.32. The van der Waals surface area contributed by atoms with Gasteiger partial charge in [-0.2, -0.15) is 0 Å². The van der Waals surface area contributed by atoms with E-state index in [4.69, 9.17) is 4.74 Å². The van der Waals surface area contributed by atoms with Gasteiger partial charge in [0.25, 0.3) is 0 Å². The number of aryl methyl sites for hydroxylation is 3. The molecule has 0 aliphatic rings. The molecule has 0 heterocycles. The van der Waals surface area contributed by atoms with E-state index in [0.717, 1.165) is 33.8 Å². The van der Waals surface area contributed by atoms with E-state index in [9.17, 15) is 15.3 Å². The first-order valence-electron chi connectivity index (χ1n) is 10.3. The van der Waals surface area contributed by atoms with Gasteiger partial charge in [-0.15, -0.1) is 0 Å². The molecular formula is C27H25NO4. The Bertz CT molecular complexity index is 1230. The number of rotatable bonds is 5. The second-order valence-electron chi connectivity index (χ2n) is 7.83. The van der Waals surface area contributed by atoms with E-state index >= 15 is 0 Å². The zero-order chi connectivity index (χ0) is 22.8. The van der Waals surface area contributed by atoms with Gasteiger partial charge in [0, 0.05) is 29.2 Å². The van der Waals surface area contributed by atoms with Gasteiger partial charge >= 0.3 is 0 Å². The monoisotopic (exact) mass is 427 g/mol. The molecule has 0 saturated heterocycles. The fraction of sp³-hybridized carbons (Fsp3) is 0.111. The first-order valence-corrected chi connectivity index (χ1v) is 10.3. The maximum atomic E-state index is 9.92. The summed E-state index contributed by atoms with van der Waals surface area (Å²) in [5.74, 6) is 1.74. The van der Waals surface area contributed by atoms with Gasteiger partial charge < -0.3 is 25.0 Å². The number of hydrogen-bond acceptors (Lipinski definition) is 5. The quantitative estimate of drug-likeness (QED) is 0.320. The minimum absolute atomic E-state index is 0.141. The summed E-state index contributed by atoms with van der Waals surface area (Å²) in [6.45, 7) is 5.80. The highest BCUT2D eigenvalue weighted by molar-refractivity contribution is 5.81. The molecule has 5 heteroatoms. The van der Waals surface area contributed by atoms with E-state index in [1.165, 1.54) is 0 Å². The zero-order valence-electron chi connectivity index (χ0n) is 18.2. The molecule has 0 spiro atoms. The van der Waals surface area contributed by atoms with Crippen LogP contribution >= 0.6 is 0 Å². The van der Waals surface area contributed by atoms with Crippen LogP contribution in [0.4, 0.5) is 17.1 Å². The first-order chi connectivity index (χ1) is 15.3. The normalized spacial score (nSPS) is 10.7. The summed E-state index contributed by atoms with van der Waals surface area (Å²) in [6.07, 6.45) is 0. The summed E-state index contributed by atoms with van der Waals surface area (Å²) in [7, 11) is 0. The number of nitrogens with zero attached hydrogens (tertiary/aromatic N) is 1. The van der Waals surface area contributed by atoms with Crippen molar-refractivity contribution >= 4 is 17.1 Å². The topological polar surface area (TPSA) is 73.2 Å². The van der Waals surface area contributed by atoms with E-state index in [1.54, 1.807) is 42.5 Å². The Balaban J connectivity index is 1.83. The highest BCUT2D eigenvalue weighted by atomic mass is 16.5. The fourth-order valence-corrected chi connectivity index (χ4v) is 3.70. The standard InChI is InChI=1S/C27H25NO4/c1-17-7-8-23(31)16-27(17)32-24-6-4-5-20(15-24)28(25-11-9-21(29)13-18(25)2)26-12-10-22(30)14-19(26)3/h4-16,29-31H,1-3H3. The maximum Gasteiger partial charge on any atom is 0.134 e. The summed E-state index contributed by atoms with van der Waals surface area (Å²) in [5.41, 5.74) is 5.33. The van der Waals surface area contributed by atoms with Crippen LogP contribution in [0, 0.1) is 20.8 Å². The molecule has 0 fully saturated rings. The molecule has 0 aliphatic carbocycles. The number of ether oxygens (including phenoxy) is 1. The van der Waals surface area contributed by atoms with Gasteiger partial charge in [-0.3, -0.25) is 0 Å². The number of phenolic OH excluding ortho intramolecular Hbond substituents is 3. The third kappa shape index (κ3) is 4.32. The van der Waals surface area contributed by atoms with Crippen LogP contribution in [0.3, 0.4) is 0 Å². The first kappa shape index (κ1) is 21.1. The Morgan fingerprint density at radius 1 is 0.594 bits per heavy atom. The van der Waals surface area contributed by atoms with Crippen LogP contribution in [0.5, 0.6) is 28.7 Å². The molecule has 0 aromatic heterocycles. The van der Waals surface area contributed by atoms with Crippen LogP contribution in [0.15, 0.2) is 78.9 Å². The number of benzene rings is 4. The minimum Gasteiger partial charge on any atom is -0.508 e. The van der Waals surface area contributed by atoms with Crippen LogP contribution in [0.25, 0.3) is 0 Å². The molecule has 0 unspecified atom stereocenters. The molecule has 0 aliphatic heterocycles. The van der Waals surface area contributed by atoms with E-state index in [1.807, 2.05) is 57.2 Å². The average molecular weight is 428 g/mol. The van der Waals surface area contributed by atoms with Gasteiger partial charge in [0.2, 0.25) is 0 Å². The summed E-state index contributed by atoms with van der Waals surface area (Å²) < 4.78 is 6.08. The molecule has 32 heavy (non-hydrogen) atoms. The van der Waals surface area contributed by atoms with Gasteiger partial charge in [-0.1, -0.05) is 12.1 Å². The van der Waals surface area contributed by atoms with Crippen molar-refractivity contribution in [2.24, 2.45) is 0 Å². The van der Waals surface area contributed by atoms with Crippen LogP contribution in [-0.4, -0.2) is 15.3 Å². The van der Waals surface area contributed by atoms with Gasteiger partial charge in [0.05, 0.1) is 0 Å². The van der Waals surface area contributed by atoms with Gasteiger partial charge in [-0.05, 0) is 92.1 Å². The number of hydrogen-bond donors (Lipinski definition) is 3. The van der Waals surface area contributed by atoms with E-state index < -0.39 is 0 Å². The van der Waals surface area contributed by atoms with Gasteiger partial charge in [0.1, 0.15) is 28.7 Å². The molecule has 5 nitrogen and oxygen atoms in total. The van der Waals surface area contributed by atoms with Gasteiger partial charge in [0.15, 0.2) is 0 Å².